The standard InChI is InChI=1S/C9H14N4OS/c1-6-7(15-13-12-6)8(14)11-5-9(10)3-2-4-9/h2-5,10H2,1H3,(H,11,14). The van der Waals surface area contributed by atoms with E-state index in [-0.39, 0.29) is 11.4 Å². The summed E-state index contributed by atoms with van der Waals surface area (Å²) >= 11 is 1.12. The molecule has 0 aromatic carbocycles. The fourth-order valence-corrected chi connectivity index (χ4v) is 2.16. The molecule has 6 heteroatoms. The predicted molar refractivity (Wildman–Crippen MR) is 57.7 cm³/mol. The smallest absolute Gasteiger partial charge is 0.265 e. The zero-order valence-corrected chi connectivity index (χ0v) is 9.43. The maximum atomic E-state index is 11.7. The van der Waals surface area contributed by atoms with Gasteiger partial charge in [-0.25, -0.2) is 0 Å². The lowest BCUT2D eigenvalue weighted by Gasteiger charge is -2.38. The molecule has 1 fully saturated rings. The van der Waals surface area contributed by atoms with E-state index in [1.165, 1.54) is 0 Å². The molecule has 3 N–H and O–H groups in total. The van der Waals surface area contributed by atoms with Crippen LogP contribution in [0.4, 0.5) is 0 Å². The van der Waals surface area contributed by atoms with E-state index in [4.69, 9.17) is 5.73 Å². The largest absolute Gasteiger partial charge is 0.349 e. The van der Waals surface area contributed by atoms with Crippen LogP contribution in [0.15, 0.2) is 0 Å². The van der Waals surface area contributed by atoms with E-state index in [0.29, 0.717) is 17.1 Å². The van der Waals surface area contributed by atoms with Gasteiger partial charge >= 0.3 is 0 Å². The normalized spacial score (nSPS) is 18.3. The second-order valence-electron chi connectivity index (χ2n) is 4.09. The number of aromatic nitrogens is 2. The minimum Gasteiger partial charge on any atom is -0.349 e. The van der Waals surface area contributed by atoms with E-state index in [0.717, 1.165) is 30.8 Å². The molecule has 0 saturated heterocycles. The molecule has 2 rings (SSSR count). The molecule has 1 saturated carbocycles. The SMILES string of the molecule is Cc1nnsc1C(=O)NCC1(N)CCC1. The first-order chi connectivity index (χ1) is 7.11. The van der Waals surface area contributed by atoms with Crippen LogP contribution in [0.1, 0.15) is 34.6 Å². The van der Waals surface area contributed by atoms with Gasteiger partial charge in [0.1, 0.15) is 4.88 Å². The summed E-state index contributed by atoms with van der Waals surface area (Å²) in [5.74, 6) is -0.112. The van der Waals surface area contributed by atoms with Crippen molar-refractivity contribution in [1.29, 1.82) is 0 Å². The highest BCUT2D eigenvalue weighted by Gasteiger charge is 2.32. The molecule has 1 aliphatic rings. The van der Waals surface area contributed by atoms with E-state index in [2.05, 4.69) is 14.9 Å². The Balaban J connectivity index is 1.90. The number of nitrogens with one attached hydrogen (secondary N) is 1. The summed E-state index contributed by atoms with van der Waals surface area (Å²) in [6.45, 7) is 2.32. The fourth-order valence-electron chi connectivity index (χ4n) is 1.58. The molecule has 0 radical (unpaired) electrons. The summed E-state index contributed by atoms with van der Waals surface area (Å²) in [6, 6.07) is 0. The third-order valence-corrected chi connectivity index (χ3v) is 3.63. The van der Waals surface area contributed by atoms with Gasteiger partial charge in [0.2, 0.25) is 0 Å². The van der Waals surface area contributed by atoms with Gasteiger partial charge in [-0.3, -0.25) is 4.79 Å². The first-order valence-corrected chi connectivity index (χ1v) is 5.74. The van der Waals surface area contributed by atoms with E-state index in [1.807, 2.05) is 0 Å². The minimum atomic E-state index is -0.179. The minimum absolute atomic E-state index is 0.112. The first-order valence-electron chi connectivity index (χ1n) is 4.97. The topological polar surface area (TPSA) is 80.9 Å². The van der Waals surface area contributed by atoms with E-state index >= 15 is 0 Å². The van der Waals surface area contributed by atoms with Crippen molar-refractivity contribution in [3.8, 4) is 0 Å². The summed E-state index contributed by atoms with van der Waals surface area (Å²) < 4.78 is 3.72. The Morgan fingerprint density at radius 1 is 1.67 bits per heavy atom. The summed E-state index contributed by atoms with van der Waals surface area (Å²) in [7, 11) is 0. The van der Waals surface area contributed by atoms with Crippen LogP contribution in [0, 0.1) is 6.92 Å². The van der Waals surface area contributed by atoms with Gasteiger partial charge in [-0.2, -0.15) is 0 Å². The molecule has 5 nitrogen and oxygen atoms in total. The van der Waals surface area contributed by atoms with Crippen molar-refractivity contribution >= 4 is 17.4 Å². The summed E-state index contributed by atoms with van der Waals surface area (Å²) in [5.41, 5.74) is 6.50. The Hall–Kier alpha value is -1.01. The molecule has 1 aromatic heterocycles. The number of hydrogen-bond donors (Lipinski definition) is 2. The highest BCUT2D eigenvalue weighted by atomic mass is 32.1. The summed E-state index contributed by atoms with van der Waals surface area (Å²) in [5, 5.41) is 6.63. The molecular weight excluding hydrogens is 212 g/mol. The first kappa shape index (κ1) is 10.5. The molecule has 0 atom stereocenters. The highest BCUT2D eigenvalue weighted by Crippen LogP contribution is 2.28. The van der Waals surface area contributed by atoms with Crippen molar-refractivity contribution < 1.29 is 4.79 Å². The highest BCUT2D eigenvalue weighted by molar-refractivity contribution is 7.07. The van der Waals surface area contributed by atoms with Crippen LogP contribution in [0.2, 0.25) is 0 Å². The van der Waals surface area contributed by atoms with Crippen molar-refractivity contribution in [3.05, 3.63) is 10.6 Å². The van der Waals surface area contributed by atoms with E-state index in [1.54, 1.807) is 6.92 Å². The van der Waals surface area contributed by atoms with Crippen molar-refractivity contribution in [2.75, 3.05) is 6.54 Å². The average Bonchev–Trinajstić information content (AvgIpc) is 2.58. The number of hydrogen-bond acceptors (Lipinski definition) is 5. The van der Waals surface area contributed by atoms with Crippen molar-refractivity contribution in [1.82, 2.24) is 14.9 Å². The zero-order chi connectivity index (χ0) is 10.9. The van der Waals surface area contributed by atoms with Crippen LogP contribution < -0.4 is 11.1 Å². The fraction of sp³-hybridized carbons (Fsp3) is 0.667. The lowest BCUT2D eigenvalue weighted by atomic mass is 9.78. The van der Waals surface area contributed by atoms with Crippen molar-refractivity contribution in [2.45, 2.75) is 31.7 Å². The van der Waals surface area contributed by atoms with Crippen molar-refractivity contribution in [2.24, 2.45) is 5.73 Å². The number of amides is 1. The molecule has 1 aliphatic carbocycles. The number of carbonyl (C=O) groups is 1. The Bertz CT molecular complexity index is 372. The quantitative estimate of drug-likeness (QED) is 0.784. The molecule has 0 bridgehead atoms. The molecule has 0 aliphatic heterocycles. The van der Waals surface area contributed by atoms with Crippen LogP contribution in [-0.2, 0) is 0 Å². The van der Waals surface area contributed by atoms with Gasteiger partial charge in [0, 0.05) is 12.1 Å². The number of aryl methyl sites for hydroxylation is 1. The molecule has 0 spiro atoms. The van der Waals surface area contributed by atoms with Crippen LogP contribution in [-0.4, -0.2) is 27.6 Å². The lowest BCUT2D eigenvalue weighted by Crippen LogP contribution is -2.54. The Morgan fingerprint density at radius 3 is 2.87 bits per heavy atom. The number of nitrogens with zero attached hydrogens (tertiary/aromatic N) is 2. The number of rotatable bonds is 3. The zero-order valence-electron chi connectivity index (χ0n) is 8.62. The maximum Gasteiger partial charge on any atom is 0.265 e. The molecule has 0 unspecified atom stereocenters. The van der Waals surface area contributed by atoms with Crippen LogP contribution in [0.3, 0.4) is 0 Å². The number of nitrogens with two attached hydrogens (primary N) is 1. The second-order valence-corrected chi connectivity index (χ2v) is 4.84. The monoisotopic (exact) mass is 226 g/mol. The van der Waals surface area contributed by atoms with E-state index in [9.17, 15) is 4.79 Å². The van der Waals surface area contributed by atoms with Gasteiger partial charge in [0.25, 0.3) is 5.91 Å². The van der Waals surface area contributed by atoms with Crippen LogP contribution >= 0.6 is 11.5 Å². The third-order valence-electron chi connectivity index (χ3n) is 2.81. The Labute approximate surface area is 92.2 Å². The van der Waals surface area contributed by atoms with Gasteiger partial charge in [-0.1, -0.05) is 4.49 Å². The van der Waals surface area contributed by atoms with Gasteiger partial charge in [0.15, 0.2) is 0 Å². The predicted octanol–water partition coefficient (Wildman–Crippen LogP) is 0.458. The van der Waals surface area contributed by atoms with Gasteiger partial charge in [0.05, 0.1) is 5.69 Å². The summed E-state index contributed by atoms with van der Waals surface area (Å²) in [4.78, 5) is 12.3. The number of carbonyl (C=O) groups excluding carboxylic acids is 1. The van der Waals surface area contributed by atoms with Crippen LogP contribution in [0.5, 0.6) is 0 Å². The molecule has 82 valence electrons. The molecule has 1 amide bonds. The van der Waals surface area contributed by atoms with E-state index < -0.39 is 0 Å². The summed E-state index contributed by atoms with van der Waals surface area (Å²) in [6.07, 6.45) is 3.15. The third kappa shape index (κ3) is 2.15. The maximum absolute atomic E-state index is 11.7. The molecule has 15 heavy (non-hydrogen) atoms. The van der Waals surface area contributed by atoms with Gasteiger partial charge in [-0.15, -0.1) is 5.10 Å². The molecular formula is C9H14N4OS. The lowest BCUT2D eigenvalue weighted by molar-refractivity contribution is 0.0933. The van der Waals surface area contributed by atoms with Crippen molar-refractivity contribution in [3.63, 3.8) is 0 Å². The molecule has 1 heterocycles. The average molecular weight is 226 g/mol. The molecule has 1 aromatic rings. The van der Waals surface area contributed by atoms with Crippen LogP contribution in [0.25, 0.3) is 0 Å². The second kappa shape index (κ2) is 3.86. The van der Waals surface area contributed by atoms with Gasteiger partial charge in [-0.05, 0) is 37.7 Å². The Morgan fingerprint density at radius 2 is 2.40 bits per heavy atom. The van der Waals surface area contributed by atoms with Gasteiger partial charge < -0.3 is 11.1 Å². The Kier molecular flexibility index (Phi) is 2.70.